The van der Waals surface area contributed by atoms with Crippen LogP contribution < -0.4 is 10.0 Å². The average molecular weight is 663 g/mol. The highest BCUT2D eigenvalue weighted by Crippen LogP contribution is 2.49. The Morgan fingerprint density at radius 2 is 1.89 bits per heavy atom. The molecule has 46 heavy (non-hydrogen) atoms. The highest BCUT2D eigenvalue weighted by Gasteiger charge is 2.39. The number of piperidine rings is 1. The second-order valence-electron chi connectivity index (χ2n) is 13.1. The molecule has 1 spiro atoms. The fourth-order valence-electron chi connectivity index (χ4n) is 7.04. The van der Waals surface area contributed by atoms with Gasteiger partial charge >= 0.3 is 5.97 Å². The molecule has 242 valence electrons. The van der Waals surface area contributed by atoms with Gasteiger partial charge in [0, 0.05) is 53.2 Å². The van der Waals surface area contributed by atoms with Gasteiger partial charge in [0.1, 0.15) is 15.7 Å². The Kier molecular flexibility index (Phi) is 8.27. The highest BCUT2D eigenvalue weighted by molar-refractivity contribution is 7.89. The lowest BCUT2D eigenvalue weighted by Gasteiger charge is -2.48. The monoisotopic (exact) mass is 662 g/mol. The number of rotatable bonds is 10. The molecule has 0 amide bonds. The van der Waals surface area contributed by atoms with Crippen LogP contribution in [-0.2, 0) is 27.7 Å². The third-order valence-electron chi connectivity index (χ3n) is 10.00. The van der Waals surface area contributed by atoms with Crippen molar-refractivity contribution in [2.24, 2.45) is 16.5 Å². The van der Waals surface area contributed by atoms with Crippen molar-refractivity contribution in [3.05, 3.63) is 76.7 Å². The summed E-state index contributed by atoms with van der Waals surface area (Å²) in [6, 6.07) is 14.9. The minimum absolute atomic E-state index is 0.272. The number of anilines is 1. The number of hydrogen-bond acceptors (Lipinski definition) is 7. The SMILES string of the molecule is CCOC(=O)c1csc(-c2cc(-c3cccc(N4CCC5(CCC5)CC4)c3)n(Cc3ccc(S(N)(=O)=O)c(F)c3)c2CC2CC2)n1. The maximum atomic E-state index is 15.0. The van der Waals surface area contributed by atoms with E-state index in [4.69, 9.17) is 14.9 Å². The van der Waals surface area contributed by atoms with Crippen LogP contribution in [0.5, 0.6) is 0 Å². The number of nitrogens with two attached hydrogens (primary N) is 1. The zero-order chi connectivity index (χ0) is 32.1. The van der Waals surface area contributed by atoms with Gasteiger partial charge in [0.2, 0.25) is 10.0 Å². The zero-order valence-corrected chi connectivity index (χ0v) is 27.6. The first-order valence-corrected chi connectivity index (χ1v) is 18.6. The summed E-state index contributed by atoms with van der Waals surface area (Å²) in [5.41, 5.74) is 6.65. The van der Waals surface area contributed by atoms with Crippen LogP contribution in [0.4, 0.5) is 10.1 Å². The van der Waals surface area contributed by atoms with Crippen molar-refractivity contribution < 1.29 is 22.3 Å². The van der Waals surface area contributed by atoms with E-state index < -0.39 is 26.7 Å². The maximum Gasteiger partial charge on any atom is 0.357 e. The minimum Gasteiger partial charge on any atom is -0.461 e. The number of benzene rings is 2. The summed E-state index contributed by atoms with van der Waals surface area (Å²) in [6.45, 7) is 4.47. The standard InChI is InChI=1S/C35H39FN4O4S2/c1-2-44-34(41)29-22-45-33(38-29)27-20-30(25-5-3-6-26(19-25)39-15-13-35(14-16-39)11-4-12-35)40(31(27)18-23-7-8-23)21-24-9-10-32(28(36)17-24)46(37,42)43/h3,5-6,9-10,17,19-20,22-23H,2,4,7-8,11-16,18,21H2,1H3,(H2,37,42,43). The number of nitrogens with zero attached hydrogens (tertiary/aromatic N) is 3. The molecule has 0 bridgehead atoms. The molecule has 2 N–H and O–H groups in total. The molecule has 3 fully saturated rings. The number of esters is 1. The van der Waals surface area contributed by atoms with E-state index in [1.807, 2.05) is 0 Å². The zero-order valence-electron chi connectivity index (χ0n) is 26.0. The van der Waals surface area contributed by atoms with E-state index in [0.717, 1.165) is 59.9 Å². The van der Waals surface area contributed by atoms with Crippen LogP contribution in [0.25, 0.3) is 21.8 Å². The van der Waals surface area contributed by atoms with E-state index in [9.17, 15) is 13.2 Å². The van der Waals surface area contributed by atoms with Crippen LogP contribution in [0.15, 0.2) is 58.8 Å². The average Bonchev–Trinajstić information content (AvgIpc) is 3.58. The van der Waals surface area contributed by atoms with Gasteiger partial charge < -0.3 is 14.2 Å². The van der Waals surface area contributed by atoms with Crippen molar-refractivity contribution >= 4 is 33.0 Å². The molecule has 2 aromatic carbocycles. The number of carbonyl (C=O) groups is 1. The van der Waals surface area contributed by atoms with Crippen molar-refractivity contribution in [2.45, 2.75) is 69.7 Å². The Balaban J connectivity index is 1.31. The van der Waals surface area contributed by atoms with Gasteiger partial charge in [0.15, 0.2) is 5.69 Å². The van der Waals surface area contributed by atoms with E-state index in [1.165, 1.54) is 61.3 Å². The molecule has 2 aliphatic carbocycles. The predicted molar refractivity (Wildman–Crippen MR) is 178 cm³/mol. The Hall–Kier alpha value is -3.54. The lowest BCUT2D eigenvalue weighted by atomic mass is 9.63. The van der Waals surface area contributed by atoms with Gasteiger partial charge in [-0.3, -0.25) is 0 Å². The molecule has 3 heterocycles. The molecule has 2 saturated carbocycles. The Morgan fingerprint density at radius 1 is 1.11 bits per heavy atom. The first kappa shape index (κ1) is 31.1. The van der Waals surface area contributed by atoms with Gasteiger partial charge in [-0.25, -0.2) is 27.7 Å². The summed E-state index contributed by atoms with van der Waals surface area (Å²) < 4.78 is 46.2. The second kappa shape index (κ2) is 12.2. The quantitative estimate of drug-likeness (QED) is 0.183. The normalized spacial score (nSPS) is 17.7. The van der Waals surface area contributed by atoms with Crippen LogP contribution >= 0.6 is 11.3 Å². The van der Waals surface area contributed by atoms with Crippen LogP contribution in [0.1, 0.15) is 73.6 Å². The third-order valence-corrected chi connectivity index (χ3v) is 11.8. The van der Waals surface area contributed by atoms with Crippen LogP contribution in [-0.4, -0.2) is 43.6 Å². The molecule has 0 unspecified atom stereocenters. The van der Waals surface area contributed by atoms with E-state index >= 15 is 4.39 Å². The van der Waals surface area contributed by atoms with Crippen LogP contribution in [0.3, 0.4) is 0 Å². The van der Waals surface area contributed by atoms with Crippen molar-refractivity contribution in [3.63, 3.8) is 0 Å². The van der Waals surface area contributed by atoms with Gasteiger partial charge in [-0.15, -0.1) is 11.3 Å². The van der Waals surface area contributed by atoms with Gasteiger partial charge in [-0.05, 0) is 99.1 Å². The fourth-order valence-corrected chi connectivity index (χ4v) is 8.45. The van der Waals surface area contributed by atoms with Gasteiger partial charge in [-0.1, -0.05) is 24.6 Å². The number of hydrogen-bond donors (Lipinski definition) is 1. The minimum atomic E-state index is -4.18. The van der Waals surface area contributed by atoms with Crippen molar-refractivity contribution in [1.29, 1.82) is 0 Å². The summed E-state index contributed by atoms with van der Waals surface area (Å²) in [6.07, 6.45) is 9.61. The van der Waals surface area contributed by atoms with Gasteiger partial charge in [0.05, 0.1) is 6.61 Å². The number of ether oxygens (including phenoxy) is 1. The van der Waals surface area contributed by atoms with Crippen LogP contribution in [0.2, 0.25) is 0 Å². The summed E-state index contributed by atoms with van der Waals surface area (Å²) in [7, 11) is -4.18. The van der Waals surface area contributed by atoms with E-state index in [0.29, 0.717) is 23.4 Å². The lowest BCUT2D eigenvalue weighted by Crippen LogP contribution is -2.43. The fraction of sp³-hybridized carbons (Fsp3) is 0.429. The Bertz CT molecular complexity index is 1880. The molecule has 0 radical (unpaired) electrons. The van der Waals surface area contributed by atoms with Crippen LogP contribution in [0, 0.1) is 17.2 Å². The highest BCUT2D eigenvalue weighted by atomic mass is 32.2. The third kappa shape index (κ3) is 6.24. The summed E-state index contributed by atoms with van der Waals surface area (Å²) in [5, 5.41) is 7.71. The predicted octanol–water partition coefficient (Wildman–Crippen LogP) is 7.01. The molecule has 3 aliphatic rings. The molecule has 4 aromatic rings. The smallest absolute Gasteiger partial charge is 0.357 e. The van der Waals surface area contributed by atoms with E-state index in [1.54, 1.807) is 18.4 Å². The van der Waals surface area contributed by atoms with Crippen molar-refractivity contribution in [2.75, 3.05) is 24.6 Å². The van der Waals surface area contributed by atoms with E-state index in [-0.39, 0.29) is 12.3 Å². The second-order valence-corrected chi connectivity index (χ2v) is 15.5. The van der Waals surface area contributed by atoms with Gasteiger partial charge in [-0.2, -0.15) is 0 Å². The molecule has 1 aliphatic heterocycles. The van der Waals surface area contributed by atoms with Gasteiger partial charge in [0.25, 0.3) is 0 Å². The summed E-state index contributed by atoms with van der Waals surface area (Å²) >= 11 is 1.41. The first-order valence-electron chi connectivity index (χ1n) is 16.1. The Labute approximate surface area is 273 Å². The molecule has 1 saturated heterocycles. The van der Waals surface area contributed by atoms with Crippen molar-refractivity contribution in [3.8, 4) is 21.8 Å². The Morgan fingerprint density at radius 3 is 2.54 bits per heavy atom. The van der Waals surface area contributed by atoms with Crippen molar-refractivity contribution in [1.82, 2.24) is 9.55 Å². The lowest BCUT2D eigenvalue weighted by molar-refractivity contribution is 0.0520. The molecular formula is C35H39FN4O4S2. The molecule has 11 heteroatoms. The molecular weight excluding hydrogens is 624 g/mol. The number of thiazole rings is 1. The summed E-state index contributed by atoms with van der Waals surface area (Å²) in [5.74, 6) is -0.783. The first-order chi connectivity index (χ1) is 22.1. The molecule has 2 aromatic heterocycles. The molecule has 0 atom stereocenters. The largest absolute Gasteiger partial charge is 0.461 e. The number of halogens is 1. The molecule has 7 rings (SSSR count). The number of aromatic nitrogens is 2. The molecule has 8 nitrogen and oxygen atoms in total. The number of carbonyl (C=O) groups excluding carboxylic acids is 1. The number of primary sulfonamides is 1. The topological polar surface area (TPSA) is 108 Å². The van der Waals surface area contributed by atoms with E-state index in [2.05, 4.69) is 39.8 Å². The summed E-state index contributed by atoms with van der Waals surface area (Å²) in [4.78, 5) is 19.2. The number of sulfonamides is 1. The maximum absolute atomic E-state index is 15.0.